The van der Waals surface area contributed by atoms with Gasteiger partial charge in [0.2, 0.25) is 0 Å². The fourth-order valence-electron chi connectivity index (χ4n) is 2.49. The van der Waals surface area contributed by atoms with E-state index in [1.165, 1.54) is 0 Å². The van der Waals surface area contributed by atoms with E-state index in [4.69, 9.17) is 14.3 Å². The van der Waals surface area contributed by atoms with Crippen LogP contribution in [0.3, 0.4) is 0 Å². The van der Waals surface area contributed by atoms with Crippen LogP contribution in [0.1, 0.15) is 36.0 Å². The smallest absolute Gasteiger partial charge is 0.133 e. The Balaban J connectivity index is 1.78. The Morgan fingerprint density at radius 2 is 1.89 bits per heavy atom. The van der Waals surface area contributed by atoms with Gasteiger partial charge in [-0.1, -0.05) is 30.3 Å². The van der Waals surface area contributed by atoms with Crippen molar-refractivity contribution < 1.29 is 29.6 Å². The largest absolute Gasteiger partial charge is 0.461 e. The number of hydrogen-bond acceptors (Lipinski definition) is 6. The first-order valence-corrected chi connectivity index (χ1v) is 8.83. The lowest BCUT2D eigenvalue weighted by atomic mass is 10.1. The van der Waals surface area contributed by atoms with E-state index in [9.17, 15) is 15.3 Å². The van der Waals surface area contributed by atoms with E-state index in [-0.39, 0.29) is 32.7 Å². The molecule has 1 aromatic heterocycles. The molecule has 0 radical (unpaired) electrons. The minimum absolute atomic E-state index is 0.152. The number of benzene rings is 1. The van der Waals surface area contributed by atoms with Gasteiger partial charge >= 0.3 is 0 Å². The van der Waals surface area contributed by atoms with Gasteiger partial charge in [0, 0.05) is 12.8 Å². The SMILES string of the molecule is OCC(=C=CC[C@@H](O)c1ccc(CO)o1)C[C@@H](O)COCc1ccccc1. The molecular weight excluding hydrogens is 348 g/mol. The van der Waals surface area contributed by atoms with Crippen molar-refractivity contribution in [3.05, 3.63) is 76.9 Å². The van der Waals surface area contributed by atoms with Crippen LogP contribution in [0.25, 0.3) is 0 Å². The number of rotatable bonds is 11. The van der Waals surface area contributed by atoms with Crippen LogP contribution in [0.2, 0.25) is 0 Å². The molecule has 27 heavy (non-hydrogen) atoms. The van der Waals surface area contributed by atoms with Gasteiger partial charge < -0.3 is 29.6 Å². The van der Waals surface area contributed by atoms with Crippen molar-refractivity contribution in [1.29, 1.82) is 0 Å². The number of aliphatic hydroxyl groups excluding tert-OH is 4. The van der Waals surface area contributed by atoms with Crippen LogP contribution >= 0.6 is 0 Å². The molecule has 0 aliphatic carbocycles. The summed E-state index contributed by atoms with van der Waals surface area (Å²) in [6, 6.07) is 12.9. The summed E-state index contributed by atoms with van der Waals surface area (Å²) in [5.41, 5.74) is 4.45. The highest BCUT2D eigenvalue weighted by Crippen LogP contribution is 2.20. The van der Waals surface area contributed by atoms with Gasteiger partial charge in [0.25, 0.3) is 0 Å². The highest BCUT2D eigenvalue weighted by molar-refractivity contribution is 5.13. The van der Waals surface area contributed by atoms with E-state index in [1.54, 1.807) is 18.2 Å². The molecular formula is C21H26O6. The molecule has 0 bridgehead atoms. The van der Waals surface area contributed by atoms with E-state index in [2.05, 4.69) is 5.73 Å². The molecule has 4 N–H and O–H groups in total. The molecule has 2 rings (SSSR count). The first-order valence-electron chi connectivity index (χ1n) is 8.83. The maximum absolute atomic E-state index is 10.0. The lowest BCUT2D eigenvalue weighted by molar-refractivity contribution is 0.0278. The van der Waals surface area contributed by atoms with Crippen molar-refractivity contribution in [3.63, 3.8) is 0 Å². The molecule has 146 valence electrons. The Labute approximate surface area is 158 Å². The number of ether oxygens (including phenoxy) is 1. The van der Waals surface area contributed by atoms with Gasteiger partial charge in [-0.25, -0.2) is 0 Å². The highest BCUT2D eigenvalue weighted by Gasteiger charge is 2.11. The highest BCUT2D eigenvalue weighted by atomic mass is 16.5. The van der Waals surface area contributed by atoms with E-state index < -0.39 is 12.2 Å². The lowest BCUT2D eigenvalue weighted by Gasteiger charge is -2.11. The van der Waals surface area contributed by atoms with Crippen molar-refractivity contribution in [3.8, 4) is 0 Å². The summed E-state index contributed by atoms with van der Waals surface area (Å²) in [6.45, 7) is 0.106. The van der Waals surface area contributed by atoms with Gasteiger partial charge in [-0.2, -0.15) is 0 Å². The zero-order valence-corrected chi connectivity index (χ0v) is 15.1. The topological polar surface area (TPSA) is 103 Å². The summed E-state index contributed by atoms with van der Waals surface area (Å²) >= 11 is 0. The predicted molar refractivity (Wildman–Crippen MR) is 99.6 cm³/mol. The van der Waals surface area contributed by atoms with E-state index in [0.717, 1.165) is 5.56 Å². The van der Waals surface area contributed by atoms with E-state index in [1.807, 2.05) is 30.3 Å². The Hall–Kier alpha value is -2.18. The van der Waals surface area contributed by atoms with Crippen molar-refractivity contribution in [1.82, 2.24) is 0 Å². The summed E-state index contributed by atoms with van der Waals surface area (Å²) in [5.74, 6) is 0.746. The molecule has 0 aliphatic heterocycles. The fourth-order valence-corrected chi connectivity index (χ4v) is 2.49. The average Bonchev–Trinajstić information content (AvgIpc) is 3.17. The molecule has 0 spiro atoms. The first-order chi connectivity index (χ1) is 13.1. The average molecular weight is 374 g/mol. The number of aliphatic hydroxyl groups is 4. The fraction of sp³-hybridized carbons (Fsp3) is 0.381. The van der Waals surface area contributed by atoms with Crippen LogP contribution in [-0.2, 0) is 18.0 Å². The molecule has 1 heterocycles. The third kappa shape index (κ3) is 7.53. The third-order valence-corrected chi connectivity index (χ3v) is 3.91. The van der Waals surface area contributed by atoms with Crippen LogP contribution in [0.4, 0.5) is 0 Å². The molecule has 0 aliphatic rings. The van der Waals surface area contributed by atoms with Gasteiger partial charge in [-0.05, 0) is 29.3 Å². The molecule has 0 unspecified atom stereocenters. The Morgan fingerprint density at radius 1 is 1.11 bits per heavy atom. The molecule has 6 heteroatoms. The molecule has 0 amide bonds. The Kier molecular flexibility index (Phi) is 9.01. The maximum Gasteiger partial charge on any atom is 0.133 e. The third-order valence-electron chi connectivity index (χ3n) is 3.91. The van der Waals surface area contributed by atoms with Gasteiger partial charge in [-0.3, -0.25) is 0 Å². The minimum atomic E-state index is -0.864. The molecule has 0 fully saturated rings. The van der Waals surface area contributed by atoms with Crippen molar-refractivity contribution in [2.24, 2.45) is 0 Å². The second-order valence-electron chi connectivity index (χ2n) is 6.18. The lowest BCUT2D eigenvalue weighted by Crippen LogP contribution is -2.16. The summed E-state index contributed by atoms with van der Waals surface area (Å²) in [4.78, 5) is 0. The van der Waals surface area contributed by atoms with Crippen LogP contribution in [0, 0.1) is 0 Å². The zero-order valence-electron chi connectivity index (χ0n) is 15.1. The standard InChI is InChI=1S/C21H26O6/c22-12-17(7-4-8-20(25)21-10-9-19(13-23)27-21)11-18(24)15-26-14-16-5-2-1-3-6-16/h1-6,9-10,18,20,22-25H,8,11-15H2/t7?,18-,20-/m1/s1. The van der Waals surface area contributed by atoms with Gasteiger partial charge in [0.15, 0.2) is 0 Å². The monoisotopic (exact) mass is 374 g/mol. The summed E-state index contributed by atoms with van der Waals surface area (Å²) in [5, 5.41) is 38.5. The predicted octanol–water partition coefficient (Wildman–Crippen LogP) is 2.24. The first kappa shape index (κ1) is 21.1. The van der Waals surface area contributed by atoms with E-state index in [0.29, 0.717) is 23.7 Å². The quantitative estimate of drug-likeness (QED) is 0.450. The van der Waals surface area contributed by atoms with Crippen LogP contribution in [0.5, 0.6) is 0 Å². The van der Waals surface area contributed by atoms with Gasteiger partial charge in [-0.15, -0.1) is 5.73 Å². The Bertz CT molecular complexity index is 730. The number of hydrogen-bond donors (Lipinski definition) is 4. The Morgan fingerprint density at radius 3 is 2.56 bits per heavy atom. The van der Waals surface area contributed by atoms with Crippen LogP contribution in [-0.4, -0.2) is 39.7 Å². The molecule has 0 saturated carbocycles. The summed E-state index contributed by atoms with van der Waals surface area (Å²) in [7, 11) is 0. The van der Waals surface area contributed by atoms with Gasteiger partial charge in [0.05, 0.1) is 25.9 Å². The number of furan rings is 1. The van der Waals surface area contributed by atoms with Gasteiger partial charge in [0.1, 0.15) is 24.2 Å². The van der Waals surface area contributed by atoms with Crippen LogP contribution in [0.15, 0.2) is 64.3 Å². The molecule has 0 saturated heterocycles. The molecule has 2 aromatic rings. The second kappa shape index (κ2) is 11.5. The second-order valence-corrected chi connectivity index (χ2v) is 6.18. The summed E-state index contributed by atoms with van der Waals surface area (Å²) < 4.78 is 10.7. The van der Waals surface area contributed by atoms with E-state index >= 15 is 0 Å². The van der Waals surface area contributed by atoms with Crippen molar-refractivity contribution >= 4 is 0 Å². The van der Waals surface area contributed by atoms with Crippen molar-refractivity contribution in [2.45, 2.75) is 38.3 Å². The zero-order chi connectivity index (χ0) is 19.5. The summed E-state index contributed by atoms with van der Waals surface area (Å²) in [6.07, 6.45) is 0.445. The molecule has 2 atom stereocenters. The van der Waals surface area contributed by atoms with Crippen molar-refractivity contribution in [2.75, 3.05) is 13.2 Å². The molecule has 6 nitrogen and oxygen atoms in total. The van der Waals surface area contributed by atoms with Crippen LogP contribution < -0.4 is 0 Å². The minimum Gasteiger partial charge on any atom is -0.461 e. The normalized spacial score (nSPS) is 13.0. The maximum atomic E-state index is 10.0. The molecule has 1 aromatic carbocycles.